The summed E-state index contributed by atoms with van der Waals surface area (Å²) in [6.07, 6.45) is 2.01. The molecule has 0 fully saturated rings. The van der Waals surface area contributed by atoms with Crippen molar-refractivity contribution in [2.24, 2.45) is 0 Å². The molecule has 0 radical (unpaired) electrons. The first-order chi connectivity index (χ1) is 10.5. The zero-order chi connectivity index (χ0) is 16.1. The summed E-state index contributed by atoms with van der Waals surface area (Å²) < 4.78 is 5.72. The van der Waals surface area contributed by atoms with Crippen LogP contribution < -0.4 is 10.1 Å². The summed E-state index contributed by atoms with van der Waals surface area (Å²) in [6.45, 7) is 6.05. The van der Waals surface area contributed by atoms with Gasteiger partial charge in [0.1, 0.15) is 5.75 Å². The fraction of sp³-hybridized carbons (Fsp3) is 0.278. The molecule has 0 saturated carbocycles. The lowest BCUT2D eigenvalue weighted by Gasteiger charge is -2.14. The first-order valence-corrected chi connectivity index (χ1v) is 8.37. The van der Waals surface area contributed by atoms with Crippen molar-refractivity contribution in [3.05, 3.63) is 53.1 Å². The third-order valence-electron chi connectivity index (χ3n) is 3.57. The van der Waals surface area contributed by atoms with E-state index in [0.29, 0.717) is 0 Å². The van der Waals surface area contributed by atoms with Crippen molar-refractivity contribution in [1.82, 2.24) is 0 Å². The van der Waals surface area contributed by atoms with Crippen LogP contribution >= 0.6 is 11.8 Å². The molecule has 1 N–H and O–H groups in total. The number of nitrogens with one attached hydrogen (secondary N) is 1. The van der Waals surface area contributed by atoms with E-state index in [2.05, 4.69) is 11.4 Å². The van der Waals surface area contributed by atoms with Gasteiger partial charge in [-0.3, -0.25) is 4.79 Å². The maximum Gasteiger partial charge on any atom is 0.262 e. The van der Waals surface area contributed by atoms with E-state index >= 15 is 0 Å². The lowest BCUT2D eigenvalue weighted by molar-refractivity contribution is -0.118. The van der Waals surface area contributed by atoms with Crippen molar-refractivity contribution in [2.75, 3.05) is 18.2 Å². The van der Waals surface area contributed by atoms with E-state index in [1.54, 1.807) is 11.8 Å². The minimum Gasteiger partial charge on any atom is -0.483 e. The second-order valence-corrected chi connectivity index (χ2v) is 6.10. The predicted molar refractivity (Wildman–Crippen MR) is 93.0 cm³/mol. The summed E-state index contributed by atoms with van der Waals surface area (Å²) in [5, 5.41) is 2.86. The van der Waals surface area contributed by atoms with Crippen LogP contribution in [0.4, 0.5) is 5.69 Å². The van der Waals surface area contributed by atoms with E-state index < -0.39 is 0 Å². The number of ether oxygens (including phenoxy) is 1. The van der Waals surface area contributed by atoms with Crippen molar-refractivity contribution >= 4 is 23.4 Å². The van der Waals surface area contributed by atoms with Gasteiger partial charge in [-0.05, 0) is 61.9 Å². The zero-order valence-corrected chi connectivity index (χ0v) is 14.2. The van der Waals surface area contributed by atoms with Crippen LogP contribution in [0.5, 0.6) is 5.75 Å². The molecule has 2 aromatic carbocycles. The molecule has 0 saturated heterocycles. The molecule has 22 heavy (non-hydrogen) atoms. The number of benzene rings is 2. The number of hydrogen-bond acceptors (Lipinski definition) is 3. The van der Waals surface area contributed by atoms with E-state index in [9.17, 15) is 4.79 Å². The topological polar surface area (TPSA) is 38.3 Å². The van der Waals surface area contributed by atoms with Gasteiger partial charge in [0.15, 0.2) is 6.61 Å². The molecule has 1 amide bonds. The Labute approximate surface area is 136 Å². The Balaban J connectivity index is 2.00. The maximum absolute atomic E-state index is 12.1. The van der Waals surface area contributed by atoms with Gasteiger partial charge in [0.2, 0.25) is 0 Å². The molecule has 0 heterocycles. The van der Waals surface area contributed by atoms with Crippen molar-refractivity contribution in [2.45, 2.75) is 25.7 Å². The average Bonchev–Trinajstić information content (AvgIpc) is 2.51. The van der Waals surface area contributed by atoms with E-state index in [1.165, 1.54) is 0 Å². The van der Waals surface area contributed by atoms with Gasteiger partial charge >= 0.3 is 0 Å². The number of anilines is 1. The lowest BCUT2D eigenvalue weighted by atomic mass is 10.1. The Bertz CT molecular complexity index is 683. The first kappa shape index (κ1) is 16.4. The smallest absolute Gasteiger partial charge is 0.262 e. The summed E-state index contributed by atoms with van der Waals surface area (Å²) in [7, 11) is 0. The standard InChI is InChI=1S/C18H21NO2S/c1-12-8-9-13(2)18(14(12)3)21-11-17(20)19-15-6-5-7-16(10-15)22-4/h5-10H,11H2,1-4H3,(H,19,20). The fourth-order valence-electron chi connectivity index (χ4n) is 2.18. The molecule has 116 valence electrons. The minimum atomic E-state index is -0.154. The Morgan fingerprint density at radius 3 is 2.59 bits per heavy atom. The second-order valence-electron chi connectivity index (χ2n) is 5.22. The largest absolute Gasteiger partial charge is 0.483 e. The summed E-state index contributed by atoms with van der Waals surface area (Å²) in [5.74, 6) is 0.645. The molecule has 0 aromatic heterocycles. The highest BCUT2D eigenvalue weighted by atomic mass is 32.2. The van der Waals surface area contributed by atoms with Gasteiger partial charge < -0.3 is 10.1 Å². The summed E-state index contributed by atoms with van der Waals surface area (Å²) >= 11 is 1.64. The Morgan fingerprint density at radius 2 is 1.86 bits per heavy atom. The van der Waals surface area contributed by atoms with Crippen LogP contribution in [0.3, 0.4) is 0 Å². The number of aryl methyl sites for hydroxylation is 2. The monoisotopic (exact) mass is 315 g/mol. The van der Waals surface area contributed by atoms with Gasteiger partial charge in [-0.15, -0.1) is 11.8 Å². The summed E-state index contributed by atoms with van der Waals surface area (Å²) in [4.78, 5) is 13.2. The van der Waals surface area contributed by atoms with E-state index in [0.717, 1.165) is 33.0 Å². The third kappa shape index (κ3) is 4.04. The Kier molecular flexibility index (Phi) is 5.50. The second kappa shape index (κ2) is 7.36. The van der Waals surface area contributed by atoms with Crippen LogP contribution in [-0.2, 0) is 4.79 Å². The molecule has 0 aliphatic rings. The summed E-state index contributed by atoms with van der Waals surface area (Å²) in [6, 6.07) is 11.8. The van der Waals surface area contributed by atoms with Crippen LogP contribution in [0.15, 0.2) is 41.3 Å². The number of carbonyl (C=O) groups excluding carboxylic acids is 1. The zero-order valence-electron chi connectivity index (χ0n) is 13.4. The Hall–Kier alpha value is -1.94. The molecule has 0 unspecified atom stereocenters. The molecule has 2 aromatic rings. The number of rotatable bonds is 5. The third-order valence-corrected chi connectivity index (χ3v) is 4.30. The maximum atomic E-state index is 12.1. The van der Waals surface area contributed by atoms with Gasteiger partial charge in [0.25, 0.3) is 5.91 Å². The molecule has 0 aliphatic carbocycles. The highest BCUT2D eigenvalue weighted by molar-refractivity contribution is 7.98. The highest BCUT2D eigenvalue weighted by Crippen LogP contribution is 2.25. The highest BCUT2D eigenvalue weighted by Gasteiger charge is 2.09. The van der Waals surface area contributed by atoms with Crippen molar-refractivity contribution < 1.29 is 9.53 Å². The number of hydrogen-bond donors (Lipinski definition) is 1. The van der Waals surface area contributed by atoms with Crippen molar-refractivity contribution in [3.8, 4) is 5.75 Å². The van der Waals surface area contributed by atoms with E-state index in [4.69, 9.17) is 4.74 Å². The molecule has 0 aliphatic heterocycles. The molecule has 2 rings (SSSR count). The lowest BCUT2D eigenvalue weighted by Crippen LogP contribution is -2.20. The van der Waals surface area contributed by atoms with Crippen LogP contribution in [0, 0.1) is 20.8 Å². The van der Waals surface area contributed by atoms with Crippen molar-refractivity contribution in [3.63, 3.8) is 0 Å². The van der Waals surface area contributed by atoms with Gasteiger partial charge in [0, 0.05) is 10.6 Å². The predicted octanol–water partition coefficient (Wildman–Crippen LogP) is 4.35. The molecular weight excluding hydrogens is 294 g/mol. The fourth-order valence-corrected chi connectivity index (χ4v) is 2.64. The molecular formula is C18H21NO2S. The number of amides is 1. The minimum absolute atomic E-state index is 0.00856. The first-order valence-electron chi connectivity index (χ1n) is 7.14. The van der Waals surface area contributed by atoms with Crippen LogP contribution in [0.1, 0.15) is 16.7 Å². The molecule has 0 bridgehead atoms. The van der Waals surface area contributed by atoms with E-state index in [-0.39, 0.29) is 12.5 Å². The molecule has 0 spiro atoms. The Morgan fingerprint density at radius 1 is 1.14 bits per heavy atom. The SMILES string of the molecule is CSc1cccc(NC(=O)COc2c(C)ccc(C)c2C)c1. The molecule has 0 atom stereocenters. The van der Waals surface area contributed by atoms with Gasteiger partial charge in [0.05, 0.1) is 0 Å². The van der Waals surface area contributed by atoms with Gasteiger partial charge in [-0.1, -0.05) is 18.2 Å². The quantitative estimate of drug-likeness (QED) is 0.834. The van der Waals surface area contributed by atoms with Crippen LogP contribution in [0.2, 0.25) is 0 Å². The molecule has 4 heteroatoms. The normalized spacial score (nSPS) is 10.4. The number of thioether (sulfide) groups is 1. The van der Waals surface area contributed by atoms with Gasteiger partial charge in [-0.25, -0.2) is 0 Å². The number of carbonyl (C=O) groups is 1. The van der Waals surface area contributed by atoms with Gasteiger partial charge in [-0.2, -0.15) is 0 Å². The molecule has 3 nitrogen and oxygen atoms in total. The summed E-state index contributed by atoms with van der Waals surface area (Å²) in [5.41, 5.74) is 4.07. The van der Waals surface area contributed by atoms with E-state index in [1.807, 2.05) is 57.4 Å². The van der Waals surface area contributed by atoms with Crippen molar-refractivity contribution in [1.29, 1.82) is 0 Å². The van der Waals surface area contributed by atoms with Crippen LogP contribution in [0.25, 0.3) is 0 Å². The van der Waals surface area contributed by atoms with Crippen LogP contribution in [-0.4, -0.2) is 18.8 Å². The average molecular weight is 315 g/mol.